The van der Waals surface area contributed by atoms with Gasteiger partial charge in [0, 0.05) is 63.7 Å². The minimum atomic E-state index is -4.42. The molecule has 3 aliphatic rings. The van der Waals surface area contributed by atoms with Gasteiger partial charge in [-0.15, -0.1) is 0 Å². The first-order chi connectivity index (χ1) is 13.9. The SMILES string of the molecule is O=C(N1CCc2ncc(C(F)(F)F)cc2C1)N1CCC(NCC2CCOCC2)C1. The van der Waals surface area contributed by atoms with Gasteiger partial charge in [-0.25, -0.2) is 4.79 Å². The molecule has 0 radical (unpaired) electrons. The molecule has 29 heavy (non-hydrogen) atoms. The molecular formula is C20H27F3N4O2. The summed E-state index contributed by atoms with van der Waals surface area (Å²) in [6.07, 6.45) is -0.0112. The third-order valence-corrected chi connectivity index (χ3v) is 6.13. The molecule has 1 aromatic heterocycles. The van der Waals surface area contributed by atoms with Crippen molar-refractivity contribution in [1.29, 1.82) is 0 Å². The molecule has 1 N–H and O–H groups in total. The zero-order chi connectivity index (χ0) is 20.4. The van der Waals surface area contributed by atoms with Crippen molar-refractivity contribution in [1.82, 2.24) is 20.1 Å². The van der Waals surface area contributed by atoms with E-state index in [1.807, 2.05) is 4.90 Å². The number of likely N-dealkylation sites (tertiary alicyclic amines) is 1. The second-order valence-electron chi connectivity index (χ2n) is 8.18. The zero-order valence-corrected chi connectivity index (χ0v) is 16.4. The molecule has 9 heteroatoms. The average molecular weight is 412 g/mol. The van der Waals surface area contributed by atoms with Gasteiger partial charge in [-0.2, -0.15) is 13.2 Å². The summed E-state index contributed by atoms with van der Waals surface area (Å²) in [6.45, 7) is 4.58. The van der Waals surface area contributed by atoms with E-state index >= 15 is 0 Å². The van der Waals surface area contributed by atoms with E-state index in [9.17, 15) is 18.0 Å². The monoisotopic (exact) mass is 412 g/mol. The number of pyridine rings is 1. The molecule has 0 saturated carbocycles. The molecule has 2 fully saturated rings. The molecule has 160 valence electrons. The summed E-state index contributed by atoms with van der Waals surface area (Å²) >= 11 is 0. The predicted molar refractivity (Wildman–Crippen MR) is 100 cm³/mol. The Morgan fingerprint density at radius 1 is 1.21 bits per heavy atom. The molecule has 2 saturated heterocycles. The Kier molecular flexibility index (Phi) is 5.96. The number of carbonyl (C=O) groups is 1. The lowest BCUT2D eigenvalue weighted by Crippen LogP contribution is -2.46. The van der Waals surface area contributed by atoms with Crippen LogP contribution in [0.2, 0.25) is 0 Å². The first kappa shape index (κ1) is 20.4. The number of rotatable bonds is 3. The summed E-state index contributed by atoms with van der Waals surface area (Å²) in [4.78, 5) is 20.3. The van der Waals surface area contributed by atoms with Crippen LogP contribution in [-0.4, -0.2) is 66.2 Å². The molecule has 3 aliphatic heterocycles. The Hall–Kier alpha value is -1.87. The minimum Gasteiger partial charge on any atom is -0.381 e. The molecule has 6 nitrogen and oxygen atoms in total. The Morgan fingerprint density at radius 3 is 2.76 bits per heavy atom. The van der Waals surface area contributed by atoms with Crippen LogP contribution in [0.4, 0.5) is 18.0 Å². The maximum Gasteiger partial charge on any atom is 0.417 e. The number of hydrogen-bond acceptors (Lipinski definition) is 4. The summed E-state index contributed by atoms with van der Waals surface area (Å²) in [5.74, 6) is 0.627. The lowest BCUT2D eigenvalue weighted by Gasteiger charge is -2.32. The van der Waals surface area contributed by atoms with Gasteiger partial charge in [-0.05, 0) is 43.4 Å². The molecule has 0 aromatic carbocycles. The van der Waals surface area contributed by atoms with Gasteiger partial charge in [-0.3, -0.25) is 4.98 Å². The van der Waals surface area contributed by atoms with Gasteiger partial charge in [0.05, 0.1) is 5.56 Å². The van der Waals surface area contributed by atoms with Crippen molar-refractivity contribution in [3.63, 3.8) is 0 Å². The van der Waals surface area contributed by atoms with E-state index < -0.39 is 11.7 Å². The Morgan fingerprint density at radius 2 is 2.00 bits per heavy atom. The highest BCUT2D eigenvalue weighted by Crippen LogP contribution is 2.31. The lowest BCUT2D eigenvalue weighted by atomic mass is 10.00. The number of halogens is 3. The zero-order valence-electron chi connectivity index (χ0n) is 16.4. The van der Waals surface area contributed by atoms with Gasteiger partial charge in [0.2, 0.25) is 0 Å². The molecule has 1 atom stereocenters. The van der Waals surface area contributed by atoms with Gasteiger partial charge >= 0.3 is 12.2 Å². The highest BCUT2D eigenvalue weighted by Gasteiger charge is 2.34. The predicted octanol–water partition coefficient (Wildman–Crippen LogP) is 2.67. The Balaban J connectivity index is 1.31. The van der Waals surface area contributed by atoms with Gasteiger partial charge in [-0.1, -0.05) is 0 Å². The van der Waals surface area contributed by atoms with Crippen molar-refractivity contribution in [3.05, 3.63) is 29.1 Å². The van der Waals surface area contributed by atoms with E-state index in [4.69, 9.17) is 4.74 Å². The number of carbonyl (C=O) groups excluding carboxylic acids is 1. The summed E-state index contributed by atoms with van der Waals surface area (Å²) in [5.41, 5.74) is 0.386. The number of amides is 2. The molecule has 0 aliphatic carbocycles. The smallest absolute Gasteiger partial charge is 0.381 e. The first-order valence-corrected chi connectivity index (χ1v) is 10.3. The first-order valence-electron chi connectivity index (χ1n) is 10.3. The fourth-order valence-corrected chi connectivity index (χ4v) is 4.33. The third-order valence-electron chi connectivity index (χ3n) is 6.13. The van der Waals surface area contributed by atoms with Crippen LogP contribution in [0.15, 0.2) is 12.3 Å². The van der Waals surface area contributed by atoms with E-state index in [2.05, 4.69) is 10.3 Å². The largest absolute Gasteiger partial charge is 0.417 e. The van der Waals surface area contributed by atoms with Crippen molar-refractivity contribution in [3.8, 4) is 0 Å². The van der Waals surface area contributed by atoms with Crippen molar-refractivity contribution < 1.29 is 22.7 Å². The van der Waals surface area contributed by atoms with Crippen LogP contribution in [0, 0.1) is 5.92 Å². The van der Waals surface area contributed by atoms with Crippen LogP contribution < -0.4 is 5.32 Å². The second-order valence-corrected chi connectivity index (χ2v) is 8.18. The minimum absolute atomic E-state index is 0.0940. The molecule has 1 aromatic rings. The van der Waals surface area contributed by atoms with E-state index in [-0.39, 0.29) is 18.6 Å². The van der Waals surface area contributed by atoms with Gasteiger partial charge in [0.1, 0.15) is 0 Å². The number of alkyl halides is 3. The Bertz CT molecular complexity index is 737. The summed E-state index contributed by atoms with van der Waals surface area (Å²) in [7, 11) is 0. The van der Waals surface area contributed by atoms with Gasteiger partial charge < -0.3 is 19.9 Å². The van der Waals surface area contributed by atoms with Crippen molar-refractivity contribution in [2.45, 2.75) is 44.4 Å². The van der Waals surface area contributed by atoms with E-state index in [0.717, 1.165) is 51.3 Å². The number of fused-ring (bicyclic) bond motifs is 1. The second kappa shape index (κ2) is 8.47. The van der Waals surface area contributed by atoms with Crippen LogP contribution in [0.25, 0.3) is 0 Å². The molecule has 1 unspecified atom stereocenters. The molecule has 2 amide bonds. The highest BCUT2D eigenvalue weighted by molar-refractivity contribution is 5.75. The van der Waals surface area contributed by atoms with Crippen molar-refractivity contribution in [2.24, 2.45) is 5.92 Å². The van der Waals surface area contributed by atoms with Crippen molar-refractivity contribution >= 4 is 6.03 Å². The number of hydrogen-bond donors (Lipinski definition) is 1. The van der Waals surface area contributed by atoms with E-state index in [0.29, 0.717) is 43.2 Å². The molecule has 0 bridgehead atoms. The lowest BCUT2D eigenvalue weighted by molar-refractivity contribution is -0.137. The molecule has 0 spiro atoms. The Labute approximate surface area is 168 Å². The van der Waals surface area contributed by atoms with Crippen LogP contribution >= 0.6 is 0 Å². The number of nitrogens with one attached hydrogen (secondary N) is 1. The van der Waals surface area contributed by atoms with Crippen LogP contribution in [0.3, 0.4) is 0 Å². The molecule has 4 rings (SSSR count). The van der Waals surface area contributed by atoms with Crippen LogP contribution in [-0.2, 0) is 23.9 Å². The number of urea groups is 1. The number of nitrogens with zero attached hydrogens (tertiary/aromatic N) is 3. The fourth-order valence-electron chi connectivity index (χ4n) is 4.33. The summed E-state index contributed by atoms with van der Waals surface area (Å²) in [5, 5.41) is 3.58. The average Bonchev–Trinajstić information content (AvgIpc) is 3.20. The van der Waals surface area contributed by atoms with Gasteiger partial charge in [0.25, 0.3) is 0 Å². The fraction of sp³-hybridized carbons (Fsp3) is 0.700. The topological polar surface area (TPSA) is 57.7 Å². The quantitative estimate of drug-likeness (QED) is 0.830. The maximum absolute atomic E-state index is 13.0. The number of aromatic nitrogens is 1. The van der Waals surface area contributed by atoms with E-state index in [1.165, 1.54) is 0 Å². The van der Waals surface area contributed by atoms with Crippen LogP contribution in [0.1, 0.15) is 36.1 Å². The van der Waals surface area contributed by atoms with Crippen LogP contribution in [0.5, 0.6) is 0 Å². The van der Waals surface area contributed by atoms with Crippen molar-refractivity contribution in [2.75, 3.05) is 39.4 Å². The highest BCUT2D eigenvalue weighted by atomic mass is 19.4. The standard InChI is InChI=1S/C20H27F3N4O2/c21-20(22,23)16-9-15-12-26(6-2-18(15)25-11-16)19(28)27-5-1-17(13-27)24-10-14-3-7-29-8-4-14/h9,11,14,17,24H,1-8,10,12-13H2. The molecule has 4 heterocycles. The normalized spacial score (nSPS) is 23.3. The third kappa shape index (κ3) is 4.83. The maximum atomic E-state index is 13.0. The van der Waals surface area contributed by atoms with E-state index in [1.54, 1.807) is 4.90 Å². The summed E-state index contributed by atoms with van der Waals surface area (Å²) in [6, 6.07) is 1.31. The van der Waals surface area contributed by atoms with Gasteiger partial charge in [0.15, 0.2) is 0 Å². The number of ether oxygens (including phenoxy) is 1. The molecular weight excluding hydrogens is 385 g/mol. The summed E-state index contributed by atoms with van der Waals surface area (Å²) < 4.78 is 44.3.